The zero-order valence-corrected chi connectivity index (χ0v) is 10.3. The average molecular weight is 256 g/mol. The van der Waals surface area contributed by atoms with E-state index >= 15 is 0 Å². The lowest BCUT2D eigenvalue weighted by Crippen LogP contribution is -2.13. The molecule has 0 radical (unpaired) electrons. The molecule has 1 rings (SSSR count). The van der Waals surface area contributed by atoms with Crippen LogP contribution in [0.25, 0.3) is 0 Å². The summed E-state index contributed by atoms with van der Waals surface area (Å²) in [7, 11) is 0. The number of rotatable bonds is 4. The Kier molecular flexibility index (Phi) is 8.17. The monoisotopic (exact) mass is 256 g/mol. The highest BCUT2D eigenvalue weighted by Gasteiger charge is 2.17. The van der Waals surface area contributed by atoms with Crippen LogP contribution in [0.1, 0.15) is 34.6 Å². The number of esters is 2. The predicted molar refractivity (Wildman–Crippen MR) is 63.6 cm³/mol. The van der Waals surface area contributed by atoms with Crippen LogP contribution in [0, 0.1) is 0 Å². The van der Waals surface area contributed by atoms with Crippen molar-refractivity contribution in [1.29, 1.82) is 0 Å². The van der Waals surface area contributed by atoms with E-state index in [0.29, 0.717) is 0 Å². The standard InChI is InChI=1S/C12H14O4.H2O2/c1-3-15-11(13)9-7-5-6-8-10(9)12(14)16-4-2;1-2/h5-8H,3-4H2,1-2H3;1-2H. The first-order valence-electron chi connectivity index (χ1n) is 5.34. The Morgan fingerprint density at radius 3 is 1.56 bits per heavy atom. The molecule has 0 atom stereocenters. The van der Waals surface area contributed by atoms with Gasteiger partial charge in [0.25, 0.3) is 0 Å². The second kappa shape index (κ2) is 9.15. The first kappa shape index (κ1) is 16.1. The summed E-state index contributed by atoms with van der Waals surface area (Å²) in [6.45, 7) is 3.97. The summed E-state index contributed by atoms with van der Waals surface area (Å²) in [5, 5.41) is 12.0. The lowest BCUT2D eigenvalue weighted by molar-refractivity contribution is -0.176. The van der Waals surface area contributed by atoms with Gasteiger partial charge in [-0.25, -0.2) is 9.59 Å². The molecular formula is C12H16O6. The van der Waals surface area contributed by atoms with E-state index in [1.807, 2.05) is 0 Å². The third kappa shape index (κ3) is 4.52. The molecule has 1 aromatic rings. The van der Waals surface area contributed by atoms with Crippen LogP contribution < -0.4 is 0 Å². The van der Waals surface area contributed by atoms with Crippen LogP contribution in [0.3, 0.4) is 0 Å². The molecule has 1 aromatic carbocycles. The molecule has 0 amide bonds. The van der Waals surface area contributed by atoms with Crippen LogP contribution in [0.15, 0.2) is 24.3 Å². The van der Waals surface area contributed by atoms with E-state index in [-0.39, 0.29) is 24.3 Å². The van der Waals surface area contributed by atoms with E-state index in [2.05, 4.69) is 0 Å². The van der Waals surface area contributed by atoms with Gasteiger partial charge in [0.05, 0.1) is 24.3 Å². The predicted octanol–water partition coefficient (Wildman–Crippen LogP) is 2.06. The molecule has 2 N–H and O–H groups in total. The molecule has 18 heavy (non-hydrogen) atoms. The highest BCUT2D eigenvalue weighted by Crippen LogP contribution is 2.11. The van der Waals surface area contributed by atoms with Crippen molar-refractivity contribution in [3.8, 4) is 0 Å². The van der Waals surface area contributed by atoms with Crippen molar-refractivity contribution in [2.24, 2.45) is 0 Å². The van der Waals surface area contributed by atoms with Crippen molar-refractivity contribution in [1.82, 2.24) is 0 Å². The van der Waals surface area contributed by atoms with Crippen molar-refractivity contribution in [2.75, 3.05) is 13.2 Å². The Morgan fingerprint density at radius 2 is 1.28 bits per heavy atom. The molecule has 100 valence electrons. The fourth-order valence-electron chi connectivity index (χ4n) is 1.26. The van der Waals surface area contributed by atoms with Crippen molar-refractivity contribution >= 4 is 11.9 Å². The molecule has 0 unspecified atom stereocenters. The van der Waals surface area contributed by atoms with E-state index in [1.54, 1.807) is 38.1 Å². The lowest BCUT2D eigenvalue weighted by Gasteiger charge is -2.07. The van der Waals surface area contributed by atoms with Gasteiger partial charge in [-0.3, -0.25) is 10.5 Å². The molecule has 0 spiro atoms. The van der Waals surface area contributed by atoms with Crippen LogP contribution in [-0.4, -0.2) is 35.7 Å². The zero-order valence-electron chi connectivity index (χ0n) is 10.3. The van der Waals surface area contributed by atoms with Gasteiger partial charge in [-0.2, -0.15) is 0 Å². The molecule has 0 heterocycles. The fourth-order valence-corrected chi connectivity index (χ4v) is 1.26. The van der Waals surface area contributed by atoms with Crippen LogP contribution in [-0.2, 0) is 9.47 Å². The van der Waals surface area contributed by atoms with E-state index in [4.69, 9.17) is 20.0 Å². The van der Waals surface area contributed by atoms with Gasteiger partial charge in [-0.1, -0.05) is 12.1 Å². The van der Waals surface area contributed by atoms with E-state index in [1.165, 1.54) is 0 Å². The largest absolute Gasteiger partial charge is 0.462 e. The van der Waals surface area contributed by atoms with Crippen molar-refractivity contribution in [2.45, 2.75) is 13.8 Å². The maximum absolute atomic E-state index is 11.5. The summed E-state index contributed by atoms with van der Waals surface area (Å²) >= 11 is 0. The maximum atomic E-state index is 11.5. The van der Waals surface area contributed by atoms with Gasteiger partial charge in [0, 0.05) is 0 Å². The van der Waals surface area contributed by atoms with Gasteiger partial charge in [-0.15, -0.1) is 0 Å². The molecule has 0 saturated heterocycles. The smallest absolute Gasteiger partial charge is 0.338 e. The lowest BCUT2D eigenvalue weighted by atomic mass is 10.1. The number of hydrogen-bond donors (Lipinski definition) is 2. The number of hydrogen-bond acceptors (Lipinski definition) is 6. The van der Waals surface area contributed by atoms with Crippen LogP contribution in [0.5, 0.6) is 0 Å². The molecule has 0 bridgehead atoms. The van der Waals surface area contributed by atoms with Crippen LogP contribution in [0.2, 0.25) is 0 Å². The Morgan fingerprint density at radius 1 is 0.944 bits per heavy atom. The van der Waals surface area contributed by atoms with Crippen molar-refractivity contribution < 1.29 is 29.6 Å². The van der Waals surface area contributed by atoms with Gasteiger partial charge < -0.3 is 9.47 Å². The minimum atomic E-state index is -0.508. The second-order valence-electron chi connectivity index (χ2n) is 2.99. The van der Waals surface area contributed by atoms with Gasteiger partial charge in [0.15, 0.2) is 0 Å². The van der Waals surface area contributed by atoms with Gasteiger partial charge in [0.1, 0.15) is 0 Å². The summed E-state index contributed by atoms with van der Waals surface area (Å²) in [6.07, 6.45) is 0. The van der Waals surface area contributed by atoms with E-state index in [0.717, 1.165) is 0 Å². The minimum Gasteiger partial charge on any atom is -0.462 e. The summed E-state index contributed by atoms with van der Waals surface area (Å²) in [4.78, 5) is 23.1. The molecule has 0 aliphatic rings. The Hall–Kier alpha value is -1.92. The first-order chi connectivity index (χ1) is 8.70. The SMILES string of the molecule is CCOC(=O)c1ccccc1C(=O)OCC.OO. The van der Waals surface area contributed by atoms with Gasteiger partial charge >= 0.3 is 11.9 Å². The summed E-state index contributed by atoms with van der Waals surface area (Å²) in [5.74, 6) is -1.02. The average Bonchev–Trinajstić information content (AvgIpc) is 2.41. The van der Waals surface area contributed by atoms with Crippen molar-refractivity contribution in [3.05, 3.63) is 35.4 Å². The molecule has 6 heteroatoms. The van der Waals surface area contributed by atoms with Crippen LogP contribution in [0.4, 0.5) is 0 Å². The zero-order chi connectivity index (χ0) is 14.0. The summed E-state index contributed by atoms with van der Waals surface area (Å²) in [6, 6.07) is 6.44. The maximum Gasteiger partial charge on any atom is 0.338 e. The minimum absolute atomic E-state index is 0.239. The first-order valence-corrected chi connectivity index (χ1v) is 5.34. The Labute approximate surface area is 105 Å². The summed E-state index contributed by atoms with van der Waals surface area (Å²) in [5.41, 5.74) is 0.477. The third-order valence-electron chi connectivity index (χ3n) is 1.92. The molecule has 0 aliphatic carbocycles. The molecular weight excluding hydrogens is 240 g/mol. The van der Waals surface area contributed by atoms with E-state index in [9.17, 15) is 9.59 Å². The van der Waals surface area contributed by atoms with Crippen molar-refractivity contribution in [3.63, 3.8) is 0 Å². The molecule has 0 saturated carbocycles. The highest BCUT2D eigenvalue weighted by molar-refractivity contribution is 6.03. The van der Waals surface area contributed by atoms with Gasteiger partial charge in [-0.05, 0) is 26.0 Å². The third-order valence-corrected chi connectivity index (χ3v) is 1.92. The number of carbonyl (C=O) groups excluding carboxylic acids is 2. The fraction of sp³-hybridized carbons (Fsp3) is 0.333. The molecule has 0 fully saturated rings. The number of carbonyl (C=O) groups is 2. The van der Waals surface area contributed by atoms with E-state index < -0.39 is 11.9 Å². The Bertz CT molecular complexity index is 351. The van der Waals surface area contributed by atoms with Crippen LogP contribution >= 0.6 is 0 Å². The quantitative estimate of drug-likeness (QED) is 0.486. The number of ether oxygens (including phenoxy) is 2. The molecule has 6 nitrogen and oxygen atoms in total. The molecule has 0 aliphatic heterocycles. The van der Waals surface area contributed by atoms with Gasteiger partial charge in [0.2, 0.25) is 0 Å². The Balaban J connectivity index is 0.00000137. The number of benzene rings is 1. The second-order valence-corrected chi connectivity index (χ2v) is 2.99. The highest BCUT2D eigenvalue weighted by atomic mass is 17.0. The topological polar surface area (TPSA) is 93.1 Å². The summed E-state index contributed by atoms with van der Waals surface area (Å²) < 4.78 is 9.70. The molecule has 0 aromatic heterocycles. The normalized spacial score (nSPS) is 8.89.